The zero-order valence-corrected chi connectivity index (χ0v) is 17.7. The van der Waals surface area contributed by atoms with Crippen molar-refractivity contribution in [3.05, 3.63) is 56.4 Å². The van der Waals surface area contributed by atoms with Crippen LogP contribution in [0.2, 0.25) is 0 Å². The molecule has 1 aromatic carbocycles. The third kappa shape index (κ3) is 3.98. The fourth-order valence-corrected chi connectivity index (χ4v) is 5.02. The van der Waals surface area contributed by atoms with Crippen LogP contribution in [0.4, 0.5) is 0 Å². The van der Waals surface area contributed by atoms with E-state index >= 15 is 0 Å². The Bertz CT molecular complexity index is 929. The average molecular weight is 447 g/mol. The molecule has 0 spiro atoms. The molecular formula is C21H23BrN2O2S. The van der Waals surface area contributed by atoms with Gasteiger partial charge >= 0.3 is 0 Å². The van der Waals surface area contributed by atoms with Gasteiger partial charge in [-0.05, 0) is 62.5 Å². The zero-order chi connectivity index (χ0) is 18.8. The SMILES string of the molecule is Cc1c(C(=O)NC[C@H](c2cccs2)N2CCCCC2)oc2ccc(Br)cc12. The van der Waals surface area contributed by atoms with E-state index in [-0.39, 0.29) is 11.9 Å². The van der Waals surface area contributed by atoms with Crippen molar-refractivity contribution in [2.24, 2.45) is 0 Å². The number of hydrogen-bond acceptors (Lipinski definition) is 4. The van der Waals surface area contributed by atoms with E-state index in [0.717, 1.165) is 34.1 Å². The van der Waals surface area contributed by atoms with Crippen LogP contribution < -0.4 is 5.32 Å². The van der Waals surface area contributed by atoms with Crippen molar-refractivity contribution >= 4 is 44.1 Å². The first-order chi connectivity index (χ1) is 13.1. The largest absolute Gasteiger partial charge is 0.451 e. The molecule has 1 aliphatic heterocycles. The normalized spacial score (nSPS) is 16.5. The Morgan fingerprint density at radius 1 is 1.30 bits per heavy atom. The molecule has 4 rings (SSSR count). The molecular weight excluding hydrogens is 424 g/mol. The summed E-state index contributed by atoms with van der Waals surface area (Å²) >= 11 is 5.24. The molecule has 2 aromatic heterocycles. The van der Waals surface area contributed by atoms with Crippen molar-refractivity contribution in [3.63, 3.8) is 0 Å². The molecule has 1 N–H and O–H groups in total. The monoisotopic (exact) mass is 446 g/mol. The predicted octanol–water partition coefficient (Wildman–Crippen LogP) is 5.52. The van der Waals surface area contributed by atoms with Crippen molar-refractivity contribution in [3.8, 4) is 0 Å². The number of rotatable bonds is 5. The lowest BCUT2D eigenvalue weighted by Crippen LogP contribution is -2.40. The molecule has 1 amide bonds. The maximum absolute atomic E-state index is 12.8. The second kappa shape index (κ2) is 8.17. The van der Waals surface area contributed by atoms with Crippen molar-refractivity contribution in [2.75, 3.05) is 19.6 Å². The molecule has 1 aliphatic rings. The number of aryl methyl sites for hydroxylation is 1. The number of nitrogens with one attached hydrogen (secondary N) is 1. The summed E-state index contributed by atoms with van der Waals surface area (Å²) in [6, 6.07) is 10.3. The van der Waals surface area contributed by atoms with E-state index in [0.29, 0.717) is 12.3 Å². The highest BCUT2D eigenvalue weighted by molar-refractivity contribution is 9.10. The number of fused-ring (bicyclic) bond motifs is 1. The fourth-order valence-electron chi connectivity index (χ4n) is 3.80. The van der Waals surface area contributed by atoms with E-state index < -0.39 is 0 Å². The van der Waals surface area contributed by atoms with Crippen LogP contribution in [-0.4, -0.2) is 30.4 Å². The van der Waals surface area contributed by atoms with Gasteiger partial charge in [-0.15, -0.1) is 11.3 Å². The number of benzene rings is 1. The third-order valence-corrected chi connectivity index (χ3v) is 6.73. The highest BCUT2D eigenvalue weighted by Crippen LogP contribution is 2.29. The minimum absolute atomic E-state index is 0.140. The Morgan fingerprint density at radius 2 is 2.11 bits per heavy atom. The summed E-state index contributed by atoms with van der Waals surface area (Å²) in [4.78, 5) is 16.7. The van der Waals surface area contributed by atoms with Crippen LogP contribution in [0.25, 0.3) is 11.0 Å². The molecule has 1 fully saturated rings. The predicted molar refractivity (Wildman–Crippen MR) is 113 cm³/mol. The summed E-state index contributed by atoms with van der Waals surface area (Å²) in [5, 5.41) is 6.20. The molecule has 142 valence electrons. The Hall–Kier alpha value is -1.63. The molecule has 0 unspecified atom stereocenters. The second-order valence-corrected chi connectivity index (χ2v) is 8.93. The number of thiophene rings is 1. The van der Waals surface area contributed by atoms with Gasteiger partial charge in [-0.3, -0.25) is 9.69 Å². The van der Waals surface area contributed by atoms with E-state index in [1.807, 2.05) is 25.1 Å². The van der Waals surface area contributed by atoms with Crippen LogP contribution in [0.3, 0.4) is 0 Å². The lowest BCUT2D eigenvalue weighted by molar-refractivity contribution is 0.0899. The first-order valence-electron chi connectivity index (χ1n) is 9.38. The number of carbonyl (C=O) groups excluding carboxylic acids is 1. The first-order valence-corrected chi connectivity index (χ1v) is 11.0. The number of likely N-dealkylation sites (tertiary alicyclic amines) is 1. The summed E-state index contributed by atoms with van der Waals surface area (Å²) < 4.78 is 6.82. The molecule has 1 saturated heterocycles. The summed E-state index contributed by atoms with van der Waals surface area (Å²) in [5.74, 6) is 0.269. The fraction of sp³-hybridized carbons (Fsp3) is 0.381. The van der Waals surface area contributed by atoms with Gasteiger partial charge in [0, 0.05) is 26.8 Å². The van der Waals surface area contributed by atoms with E-state index in [1.54, 1.807) is 11.3 Å². The zero-order valence-electron chi connectivity index (χ0n) is 15.3. The Balaban J connectivity index is 1.52. The van der Waals surface area contributed by atoms with Gasteiger partial charge in [-0.25, -0.2) is 0 Å². The van der Waals surface area contributed by atoms with Crippen LogP contribution in [0, 0.1) is 6.92 Å². The van der Waals surface area contributed by atoms with Gasteiger partial charge in [0.25, 0.3) is 5.91 Å². The Kier molecular flexibility index (Phi) is 5.66. The molecule has 3 heterocycles. The third-order valence-electron chi connectivity index (χ3n) is 5.26. The quantitative estimate of drug-likeness (QED) is 0.560. The molecule has 6 heteroatoms. The summed E-state index contributed by atoms with van der Waals surface area (Å²) in [5.41, 5.74) is 1.63. The van der Waals surface area contributed by atoms with Gasteiger partial charge < -0.3 is 9.73 Å². The number of piperidine rings is 1. The van der Waals surface area contributed by atoms with E-state index in [9.17, 15) is 4.79 Å². The van der Waals surface area contributed by atoms with Crippen LogP contribution in [0.5, 0.6) is 0 Å². The van der Waals surface area contributed by atoms with Gasteiger partial charge in [-0.1, -0.05) is 28.4 Å². The van der Waals surface area contributed by atoms with Crippen molar-refractivity contribution in [1.29, 1.82) is 0 Å². The van der Waals surface area contributed by atoms with E-state index in [2.05, 4.69) is 43.7 Å². The first kappa shape index (κ1) is 18.7. The van der Waals surface area contributed by atoms with Crippen LogP contribution in [0.15, 0.2) is 44.6 Å². The van der Waals surface area contributed by atoms with Crippen LogP contribution in [0.1, 0.15) is 46.3 Å². The van der Waals surface area contributed by atoms with Crippen LogP contribution in [-0.2, 0) is 0 Å². The van der Waals surface area contributed by atoms with Crippen molar-refractivity contribution in [2.45, 2.75) is 32.2 Å². The molecule has 0 saturated carbocycles. The van der Waals surface area contributed by atoms with Crippen molar-refractivity contribution < 1.29 is 9.21 Å². The number of furan rings is 1. The minimum atomic E-state index is -0.140. The number of carbonyl (C=O) groups is 1. The highest BCUT2D eigenvalue weighted by atomic mass is 79.9. The molecule has 4 nitrogen and oxygen atoms in total. The van der Waals surface area contributed by atoms with Gasteiger partial charge in [0.2, 0.25) is 0 Å². The summed E-state index contributed by atoms with van der Waals surface area (Å²) in [7, 11) is 0. The van der Waals surface area contributed by atoms with Gasteiger partial charge in [0.05, 0.1) is 6.04 Å². The second-order valence-electron chi connectivity index (χ2n) is 7.03. The maximum atomic E-state index is 12.8. The van der Waals surface area contributed by atoms with Gasteiger partial charge in [0.1, 0.15) is 5.58 Å². The van der Waals surface area contributed by atoms with Crippen molar-refractivity contribution in [1.82, 2.24) is 10.2 Å². The average Bonchev–Trinajstić information content (AvgIpc) is 3.32. The lowest BCUT2D eigenvalue weighted by atomic mass is 10.1. The summed E-state index contributed by atoms with van der Waals surface area (Å²) in [6.45, 7) is 4.72. The van der Waals surface area contributed by atoms with Crippen LogP contribution >= 0.6 is 27.3 Å². The smallest absolute Gasteiger partial charge is 0.287 e. The minimum Gasteiger partial charge on any atom is -0.451 e. The Morgan fingerprint density at radius 3 is 2.85 bits per heavy atom. The molecule has 0 radical (unpaired) electrons. The maximum Gasteiger partial charge on any atom is 0.287 e. The molecule has 27 heavy (non-hydrogen) atoms. The van der Waals surface area contributed by atoms with E-state index in [1.165, 1.54) is 24.1 Å². The number of amides is 1. The molecule has 3 aromatic rings. The molecule has 1 atom stereocenters. The van der Waals surface area contributed by atoms with Gasteiger partial charge in [-0.2, -0.15) is 0 Å². The lowest BCUT2D eigenvalue weighted by Gasteiger charge is -2.34. The molecule has 0 bridgehead atoms. The molecule has 0 aliphatic carbocycles. The number of hydrogen-bond donors (Lipinski definition) is 1. The van der Waals surface area contributed by atoms with E-state index in [4.69, 9.17) is 4.42 Å². The topological polar surface area (TPSA) is 45.5 Å². The Labute approximate surface area is 171 Å². The number of halogens is 1. The summed E-state index contributed by atoms with van der Waals surface area (Å²) in [6.07, 6.45) is 3.76. The highest BCUT2D eigenvalue weighted by Gasteiger charge is 2.25. The van der Waals surface area contributed by atoms with Gasteiger partial charge in [0.15, 0.2) is 5.76 Å². The standard InChI is InChI=1S/C21H23BrN2O2S/c1-14-16-12-15(22)7-8-18(16)26-20(14)21(25)23-13-17(19-6-5-11-27-19)24-9-3-2-4-10-24/h5-8,11-12,17H,2-4,9-10,13H2,1H3,(H,23,25)/t17-/m1/s1. The number of nitrogens with zero attached hydrogens (tertiary/aromatic N) is 1.